The Morgan fingerprint density at radius 2 is 1.65 bits per heavy atom. The van der Waals surface area contributed by atoms with Crippen LogP contribution in [-0.4, -0.2) is 12.8 Å². The zero-order valence-corrected chi connectivity index (χ0v) is 14.0. The lowest BCUT2D eigenvalue weighted by molar-refractivity contribution is 1.02. The summed E-state index contributed by atoms with van der Waals surface area (Å²) in [6.07, 6.45) is 0. The molecule has 0 spiro atoms. The molecule has 0 saturated carbocycles. The highest BCUT2D eigenvalue weighted by Crippen LogP contribution is 2.34. The van der Waals surface area contributed by atoms with Gasteiger partial charge in [-0.1, -0.05) is 35.3 Å². The Hall–Kier alpha value is -2.53. The van der Waals surface area contributed by atoms with Gasteiger partial charge < -0.3 is 0 Å². The molecule has 0 aliphatic carbocycles. The van der Waals surface area contributed by atoms with E-state index in [0.717, 1.165) is 5.56 Å². The predicted molar refractivity (Wildman–Crippen MR) is 92.9 cm³/mol. The first-order chi connectivity index (χ1) is 11.0. The first-order valence-corrected chi connectivity index (χ1v) is 7.40. The highest BCUT2D eigenvalue weighted by atomic mass is 35.5. The topological polar surface area (TPSA) is 63.2 Å². The summed E-state index contributed by atoms with van der Waals surface area (Å²) in [7, 11) is 1.67. The molecule has 0 atom stereocenters. The maximum atomic E-state index is 9.35. The van der Waals surface area contributed by atoms with Crippen molar-refractivity contribution in [2.75, 3.05) is 12.1 Å². The fourth-order valence-corrected chi connectivity index (χ4v) is 2.89. The molecule has 0 amide bonds. The second-order valence-corrected chi connectivity index (χ2v) is 5.66. The highest BCUT2D eigenvalue weighted by Gasteiger charge is 2.13. The van der Waals surface area contributed by atoms with E-state index in [-0.39, 0.29) is 5.71 Å². The van der Waals surface area contributed by atoms with Crippen LogP contribution in [0.3, 0.4) is 0 Å². The van der Waals surface area contributed by atoms with Crippen LogP contribution in [0.2, 0.25) is 10.0 Å². The fourth-order valence-electron chi connectivity index (χ4n) is 2.05. The molecule has 0 bridgehead atoms. The first-order valence-electron chi connectivity index (χ1n) is 6.65. The molecule has 23 heavy (non-hydrogen) atoms. The van der Waals surface area contributed by atoms with Gasteiger partial charge in [0.15, 0.2) is 5.71 Å². The van der Waals surface area contributed by atoms with Gasteiger partial charge in [-0.05, 0) is 36.8 Å². The number of hydrogen-bond donors (Lipinski definition) is 0. The molecule has 0 unspecified atom stereocenters. The summed E-state index contributed by atoms with van der Waals surface area (Å²) in [5.41, 5.74) is 2.79. The van der Waals surface area contributed by atoms with Gasteiger partial charge in [-0.3, -0.25) is 5.01 Å². The van der Waals surface area contributed by atoms with E-state index < -0.39 is 0 Å². The highest BCUT2D eigenvalue weighted by molar-refractivity contribution is 6.39. The van der Waals surface area contributed by atoms with Crippen molar-refractivity contribution in [2.45, 2.75) is 6.92 Å². The molecule has 0 radical (unpaired) electrons. The van der Waals surface area contributed by atoms with Crippen LogP contribution in [0.5, 0.6) is 0 Å². The molecule has 0 aromatic heterocycles. The third-order valence-corrected chi connectivity index (χ3v) is 3.70. The van der Waals surface area contributed by atoms with Crippen LogP contribution in [0, 0.1) is 29.6 Å². The van der Waals surface area contributed by atoms with E-state index in [2.05, 4.69) is 5.10 Å². The monoisotopic (exact) mass is 342 g/mol. The number of benzene rings is 2. The van der Waals surface area contributed by atoms with Crippen molar-refractivity contribution >= 4 is 34.6 Å². The number of nitrogens with zero attached hydrogens (tertiary/aromatic N) is 4. The Balaban J connectivity index is 2.42. The summed E-state index contributed by atoms with van der Waals surface area (Å²) in [5.74, 6) is 0. The smallest absolute Gasteiger partial charge is 0.168 e. The van der Waals surface area contributed by atoms with Crippen LogP contribution in [-0.2, 0) is 0 Å². The largest absolute Gasteiger partial charge is 0.264 e. The van der Waals surface area contributed by atoms with Crippen molar-refractivity contribution in [3.63, 3.8) is 0 Å². The molecule has 6 heteroatoms. The van der Waals surface area contributed by atoms with E-state index in [0.29, 0.717) is 26.9 Å². The third-order valence-electron chi connectivity index (χ3n) is 3.13. The lowest BCUT2D eigenvalue weighted by atomic mass is 10.1. The van der Waals surface area contributed by atoms with E-state index in [1.54, 1.807) is 43.4 Å². The Labute approximate surface area is 144 Å². The minimum atomic E-state index is 0.199. The number of nitriles is 2. The Morgan fingerprint density at radius 1 is 1.09 bits per heavy atom. The molecule has 0 N–H and O–H groups in total. The van der Waals surface area contributed by atoms with Crippen LogP contribution < -0.4 is 5.01 Å². The maximum Gasteiger partial charge on any atom is 0.168 e. The Morgan fingerprint density at radius 3 is 2.13 bits per heavy atom. The summed E-state index contributed by atoms with van der Waals surface area (Å²) < 4.78 is 0. The number of hydrogen-bond acceptors (Lipinski definition) is 4. The molecular formula is C17H12Cl2N4. The van der Waals surface area contributed by atoms with Gasteiger partial charge >= 0.3 is 0 Å². The quantitative estimate of drug-likeness (QED) is 0.607. The summed E-state index contributed by atoms with van der Waals surface area (Å²) in [4.78, 5) is 0. The SMILES string of the molecule is Cc1cc(Cl)c(N(C)/N=C(/C#N)c2ccc(C#N)cc2)c(Cl)c1. The van der Waals surface area contributed by atoms with Gasteiger partial charge in [0.2, 0.25) is 0 Å². The van der Waals surface area contributed by atoms with Gasteiger partial charge in [0.25, 0.3) is 0 Å². The maximum absolute atomic E-state index is 9.35. The van der Waals surface area contributed by atoms with E-state index in [1.165, 1.54) is 5.01 Å². The Bertz CT molecular complexity index is 819. The van der Waals surface area contributed by atoms with Crippen molar-refractivity contribution in [1.82, 2.24) is 0 Å². The van der Waals surface area contributed by atoms with E-state index in [9.17, 15) is 5.26 Å². The molecule has 0 fully saturated rings. The zero-order valence-electron chi connectivity index (χ0n) is 12.5. The van der Waals surface area contributed by atoms with Gasteiger partial charge in [-0.25, -0.2) is 0 Å². The number of halogens is 2. The molecule has 0 aliphatic rings. The molecule has 2 rings (SSSR count). The number of hydrazone groups is 1. The molecular weight excluding hydrogens is 331 g/mol. The Kier molecular flexibility index (Phi) is 5.24. The molecule has 0 aliphatic heterocycles. The van der Waals surface area contributed by atoms with E-state index in [1.807, 2.05) is 19.1 Å². The molecule has 0 saturated heterocycles. The zero-order chi connectivity index (χ0) is 17.0. The normalized spacial score (nSPS) is 10.8. The lowest BCUT2D eigenvalue weighted by Crippen LogP contribution is -2.14. The average molecular weight is 343 g/mol. The molecule has 0 heterocycles. The molecule has 4 nitrogen and oxygen atoms in total. The molecule has 2 aromatic rings. The number of rotatable bonds is 3. The van der Waals surface area contributed by atoms with Crippen LogP contribution in [0.25, 0.3) is 0 Å². The van der Waals surface area contributed by atoms with Gasteiger partial charge in [-0.15, -0.1) is 0 Å². The lowest BCUT2D eigenvalue weighted by Gasteiger charge is -2.17. The van der Waals surface area contributed by atoms with Crippen LogP contribution >= 0.6 is 23.2 Å². The van der Waals surface area contributed by atoms with Crippen molar-refractivity contribution in [1.29, 1.82) is 10.5 Å². The summed E-state index contributed by atoms with van der Waals surface area (Å²) in [5, 5.41) is 24.8. The van der Waals surface area contributed by atoms with Gasteiger partial charge in [0, 0.05) is 12.6 Å². The number of anilines is 1. The summed E-state index contributed by atoms with van der Waals surface area (Å²) in [6.45, 7) is 1.89. The second-order valence-electron chi connectivity index (χ2n) is 4.85. The fraction of sp³-hybridized carbons (Fsp3) is 0.118. The van der Waals surface area contributed by atoms with Crippen molar-refractivity contribution in [3.05, 3.63) is 63.1 Å². The second kappa shape index (κ2) is 7.15. The van der Waals surface area contributed by atoms with Crippen molar-refractivity contribution < 1.29 is 0 Å². The van der Waals surface area contributed by atoms with Gasteiger partial charge in [0.05, 0.1) is 27.4 Å². The van der Waals surface area contributed by atoms with Crippen LogP contribution in [0.15, 0.2) is 41.5 Å². The minimum Gasteiger partial charge on any atom is -0.264 e. The van der Waals surface area contributed by atoms with Gasteiger partial charge in [-0.2, -0.15) is 15.6 Å². The van der Waals surface area contributed by atoms with E-state index in [4.69, 9.17) is 28.5 Å². The van der Waals surface area contributed by atoms with Crippen molar-refractivity contribution in [2.24, 2.45) is 5.10 Å². The van der Waals surface area contributed by atoms with E-state index >= 15 is 0 Å². The standard InChI is InChI=1S/C17H12Cl2N4/c1-11-7-14(18)17(15(19)8-11)23(2)22-16(10-21)13-5-3-12(9-20)4-6-13/h3-8H,1-2H3/b22-16-. The summed E-state index contributed by atoms with van der Waals surface area (Å²) >= 11 is 12.5. The van der Waals surface area contributed by atoms with Crippen LogP contribution in [0.4, 0.5) is 5.69 Å². The summed E-state index contributed by atoms with van der Waals surface area (Å²) in [6, 6.07) is 14.2. The third kappa shape index (κ3) is 3.81. The van der Waals surface area contributed by atoms with Gasteiger partial charge in [0.1, 0.15) is 6.07 Å². The minimum absolute atomic E-state index is 0.199. The average Bonchev–Trinajstić information content (AvgIpc) is 2.51. The number of aryl methyl sites for hydroxylation is 1. The first kappa shape index (κ1) is 16.8. The molecule has 114 valence electrons. The van der Waals surface area contributed by atoms with Crippen LogP contribution in [0.1, 0.15) is 16.7 Å². The predicted octanol–water partition coefficient (Wildman–Crippen LogP) is 4.54. The van der Waals surface area contributed by atoms with Crippen molar-refractivity contribution in [3.8, 4) is 12.1 Å². The molecule has 2 aromatic carbocycles.